The van der Waals surface area contributed by atoms with E-state index < -0.39 is 0 Å². The SMILES string of the molecule is COCCC(C)(C)CNCc1csc(C)n1. The van der Waals surface area contributed by atoms with Crippen molar-refractivity contribution < 1.29 is 4.74 Å². The summed E-state index contributed by atoms with van der Waals surface area (Å²) in [6.07, 6.45) is 1.08. The summed E-state index contributed by atoms with van der Waals surface area (Å²) >= 11 is 1.71. The summed E-state index contributed by atoms with van der Waals surface area (Å²) in [6, 6.07) is 0. The van der Waals surface area contributed by atoms with Gasteiger partial charge >= 0.3 is 0 Å². The Balaban J connectivity index is 2.24. The lowest BCUT2D eigenvalue weighted by molar-refractivity contribution is 0.150. The van der Waals surface area contributed by atoms with Crippen molar-refractivity contribution >= 4 is 11.3 Å². The van der Waals surface area contributed by atoms with Crippen molar-refractivity contribution in [3.63, 3.8) is 0 Å². The summed E-state index contributed by atoms with van der Waals surface area (Å²) in [6.45, 7) is 9.23. The van der Waals surface area contributed by atoms with Crippen molar-refractivity contribution in [2.75, 3.05) is 20.3 Å². The zero-order chi connectivity index (χ0) is 12.0. The van der Waals surface area contributed by atoms with Gasteiger partial charge in [0, 0.05) is 32.2 Å². The molecule has 0 saturated carbocycles. The molecule has 16 heavy (non-hydrogen) atoms. The highest BCUT2D eigenvalue weighted by Crippen LogP contribution is 2.19. The minimum atomic E-state index is 0.279. The lowest BCUT2D eigenvalue weighted by Crippen LogP contribution is -2.30. The van der Waals surface area contributed by atoms with Gasteiger partial charge in [-0.25, -0.2) is 4.98 Å². The Labute approximate surface area is 102 Å². The topological polar surface area (TPSA) is 34.1 Å². The first kappa shape index (κ1) is 13.6. The molecule has 3 nitrogen and oxygen atoms in total. The highest BCUT2D eigenvalue weighted by Gasteiger charge is 2.16. The summed E-state index contributed by atoms with van der Waals surface area (Å²) in [5, 5.41) is 6.70. The summed E-state index contributed by atoms with van der Waals surface area (Å²) in [5.41, 5.74) is 1.42. The molecule has 1 aromatic heterocycles. The van der Waals surface area contributed by atoms with E-state index in [0.29, 0.717) is 0 Å². The monoisotopic (exact) mass is 242 g/mol. The van der Waals surface area contributed by atoms with E-state index in [4.69, 9.17) is 4.74 Å². The molecule has 0 bridgehead atoms. The molecule has 0 saturated heterocycles. The number of thiazole rings is 1. The molecule has 0 aliphatic carbocycles. The van der Waals surface area contributed by atoms with Gasteiger partial charge in [0.15, 0.2) is 0 Å². The van der Waals surface area contributed by atoms with Gasteiger partial charge < -0.3 is 10.1 Å². The van der Waals surface area contributed by atoms with Crippen LogP contribution in [-0.2, 0) is 11.3 Å². The molecule has 0 aromatic carbocycles. The van der Waals surface area contributed by atoms with Crippen LogP contribution in [0.3, 0.4) is 0 Å². The van der Waals surface area contributed by atoms with Gasteiger partial charge in [0.1, 0.15) is 0 Å². The van der Waals surface area contributed by atoms with Crippen LogP contribution in [0.2, 0.25) is 0 Å². The molecule has 1 rings (SSSR count). The highest BCUT2D eigenvalue weighted by atomic mass is 32.1. The Morgan fingerprint density at radius 2 is 2.25 bits per heavy atom. The fourth-order valence-corrected chi connectivity index (χ4v) is 2.10. The van der Waals surface area contributed by atoms with Crippen LogP contribution in [-0.4, -0.2) is 25.2 Å². The van der Waals surface area contributed by atoms with Crippen molar-refractivity contribution in [3.05, 3.63) is 16.1 Å². The zero-order valence-electron chi connectivity index (χ0n) is 10.7. The molecular formula is C12H22N2OS. The van der Waals surface area contributed by atoms with Crippen LogP contribution >= 0.6 is 11.3 Å². The first-order chi connectivity index (χ1) is 7.53. The summed E-state index contributed by atoms with van der Waals surface area (Å²) in [7, 11) is 1.75. The van der Waals surface area contributed by atoms with E-state index in [1.54, 1.807) is 18.4 Å². The van der Waals surface area contributed by atoms with Crippen LogP contribution in [0.5, 0.6) is 0 Å². The first-order valence-electron chi connectivity index (χ1n) is 5.64. The molecule has 1 N–H and O–H groups in total. The summed E-state index contributed by atoms with van der Waals surface area (Å²) in [5.74, 6) is 0. The molecule has 0 fully saturated rings. The van der Waals surface area contributed by atoms with E-state index in [-0.39, 0.29) is 5.41 Å². The number of nitrogens with one attached hydrogen (secondary N) is 1. The molecule has 0 aliphatic heterocycles. The Morgan fingerprint density at radius 3 is 2.81 bits per heavy atom. The Kier molecular flexibility index (Phi) is 5.38. The predicted octanol–water partition coefficient (Wildman–Crippen LogP) is 2.60. The molecule has 1 aromatic rings. The Bertz CT molecular complexity index is 310. The average Bonchev–Trinajstić information content (AvgIpc) is 2.61. The van der Waals surface area contributed by atoms with Crippen molar-refractivity contribution in [2.45, 2.75) is 33.7 Å². The third-order valence-corrected chi connectivity index (χ3v) is 3.38. The van der Waals surface area contributed by atoms with Crippen LogP contribution in [0.15, 0.2) is 5.38 Å². The number of methoxy groups -OCH3 is 1. The quantitative estimate of drug-likeness (QED) is 0.798. The fourth-order valence-electron chi connectivity index (χ4n) is 1.49. The maximum absolute atomic E-state index is 5.11. The van der Waals surface area contributed by atoms with E-state index in [2.05, 4.69) is 29.5 Å². The average molecular weight is 242 g/mol. The van der Waals surface area contributed by atoms with Crippen molar-refractivity contribution in [1.29, 1.82) is 0 Å². The van der Waals surface area contributed by atoms with Gasteiger partial charge in [-0.15, -0.1) is 11.3 Å². The van der Waals surface area contributed by atoms with E-state index in [1.807, 2.05) is 6.92 Å². The van der Waals surface area contributed by atoms with Crippen LogP contribution in [0, 0.1) is 12.3 Å². The van der Waals surface area contributed by atoms with Gasteiger partial charge in [-0.1, -0.05) is 13.8 Å². The van der Waals surface area contributed by atoms with Crippen molar-refractivity contribution in [1.82, 2.24) is 10.3 Å². The molecule has 0 atom stereocenters. The third-order valence-electron chi connectivity index (χ3n) is 2.56. The number of aromatic nitrogens is 1. The molecule has 1 heterocycles. The minimum Gasteiger partial charge on any atom is -0.385 e. The lowest BCUT2D eigenvalue weighted by Gasteiger charge is -2.24. The smallest absolute Gasteiger partial charge is 0.0897 e. The number of hydrogen-bond acceptors (Lipinski definition) is 4. The van der Waals surface area contributed by atoms with E-state index in [1.165, 1.54) is 0 Å². The molecule has 0 radical (unpaired) electrons. The lowest BCUT2D eigenvalue weighted by atomic mass is 9.90. The van der Waals surface area contributed by atoms with Gasteiger partial charge in [0.25, 0.3) is 0 Å². The molecule has 0 unspecified atom stereocenters. The Morgan fingerprint density at radius 1 is 1.50 bits per heavy atom. The van der Waals surface area contributed by atoms with E-state index >= 15 is 0 Å². The normalized spacial score (nSPS) is 12.0. The second-order valence-electron chi connectivity index (χ2n) is 4.87. The molecule has 0 amide bonds. The largest absolute Gasteiger partial charge is 0.385 e. The molecule has 4 heteroatoms. The summed E-state index contributed by atoms with van der Waals surface area (Å²) in [4.78, 5) is 4.42. The second-order valence-corrected chi connectivity index (χ2v) is 5.93. The maximum atomic E-state index is 5.11. The van der Waals surface area contributed by atoms with Gasteiger partial charge in [0.2, 0.25) is 0 Å². The van der Waals surface area contributed by atoms with Crippen LogP contribution < -0.4 is 5.32 Å². The van der Waals surface area contributed by atoms with E-state index in [9.17, 15) is 0 Å². The van der Waals surface area contributed by atoms with Gasteiger partial charge in [-0.2, -0.15) is 0 Å². The van der Waals surface area contributed by atoms with Gasteiger partial charge in [0.05, 0.1) is 10.7 Å². The highest BCUT2D eigenvalue weighted by molar-refractivity contribution is 7.09. The van der Waals surface area contributed by atoms with Crippen LogP contribution in [0.1, 0.15) is 31.0 Å². The number of ether oxygens (including phenoxy) is 1. The maximum Gasteiger partial charge on any atom is 0.0897 e. The molecular weight excluding hydrogens is 220 g/mol. The molecule has 0 spiro atoms. The number of nitrogens with zero attached hydrogens (tertiary/aromatic N) is 1. The number of hydrogen-bond donors (Lipinski definition) is 1. The molecule has 92 valence electrons. The zero-order valence-corrected chi connectivity index (χ0v) is 11.5. The second kappa shape index (κ2) is 6.33. The Hall–Kier alpha value is -0.450. The van der Waals surface area contributed by atoms with Crippen molar-refractivity contribution in [3.8, 4) is 0 Å². The van der Waals surface area contributed by atoms with E-state index in [0.717, 1.165) is 36.8 Å². The van der Waals surface area contributed by atoms with Gasteiger partial charge in [-0.05, 0) is 18.8 Å². The standard InChI is InChI=1S/C12H22N2OS/c1-10-14-11(8-16-10)7-13-9-12(2,3)5-6-15-4/h8,13H,5-7,9H2,1-4H3. The number of aryl methyl sites for hydroxylation is 1. The first-order valence-corrected chi connectivity index (χ1v) is 6.52. The van der Waals surface area contributed by atoms with Crippen molar-refractivity contribution in [2.24, 2.45) is 5.41 Å². The van der Waals surface area contributed by atoms with Crippen LogP contribution in [0.4, 0.5) is 0 Å². The molecule has 0 aliphatic rings. The summed E-state index contributed by atoms with van der Waals surface area (Å²) < 4.78 is 5.11. The number of rotatable bonds is 7. The fraction of sp³-hybridized carbons (Fsp3) is 0.750. The predicted molar refractivity (Wildman–Crippen MR) is 68.8 cm³/mol. The minimum absolute atomic E-state index is 0.279. The third kappa shape index (κ3) is 5.05. The van der Waals surface area contributed by atoms with Gasteiger partial charge in [-0.3, -0.25) is 0 Å². The van der Waals surface area contributed by atoms with Crippen LogP contribution in [0.25, 0.3) is 0 Å².